The number of nitrogens with zero attached hydrogens (tertiary/aromatic N) is 1. The third kappa shape index (κ3) is 2.89. The van der Waals surface area contributed by atoms with Gasteiger partial charge in [-0.2, -0.15) is 4.31 Å². The van der Waals surface area contributed by atoms with Crippen LogP contribution in [0.25, 0.3) is 11.1 Å². The number of benzene rings is 1. The molecule has 1 aliphatic heterocycles. The lowest BCUT2D eigenvalue weighted by Crippen LogP contribution is -2.40. The van der Waals surface area contributed by atoms with Crippen LogP contribution in [0.15, 0.2) is 32.3 Å². The number of H-pyrrole nitrogens is 1. The monoisotopic (exact) mass is 340 g/mol. The zero-order valence-corrected chi connectivity index (χ0v) is 13.3. The molecular formula is C14H16N2O6S. The zero-order chi connectivity index (χ0) is 16.6. The van der Waals surface area contributed by atoms with Crippen molar-refractivity contribution in [1.29, 1.82) is 0 Å². The molecule has 124 valence electrons. The van der Waals surface area contributed by atoms with Gasteiger partial charge in [0.1, 0.15) is 0 Å². The molecule has 8 nitrogen and oxygen atoms in total. The summed E-state index contributed by atoms with van der Waals surface area (Å²) in [6, 6.07) is 4.23. The number of carbonyl (C=O) groups is 1. The van der Waals surface area contributed by atoms with E-state index in [1.807, 2.05) is 0 Å². The van der Waals surface area contributed by atoms with Crippen LogP contribution in [0.2, 0.25) is 0 Å². The minimum absolute atomic E-state index is 0.0820. The molecule has 0 unspecified atom stereocenters. The Morgan fingerprint density at radius 3 is 2.70 bits per heavy atom. The molecule has 1 N–H and O–H groups in total. The van der Waals surface area contributed by atoms with E-state index in [1.54, 1.807) is 0 Å². The number of rotatable bonds is 3. The molecule has 1 aromatic heterocycles. The van der Waals surface area contributed by atoms with E-state index in [2.05, 4.69) is 4.98 Å². The van der Waals surface area contributed by atoms with E-state index >= 15 is 0 Å². The summed E-state index contributed by atoms with van der Waals surface area (Å²) in [5, 5.41) is 0. The number of esters is 1. The normalized spacial score (nSPS) is 17.4. The van der Waals surface area contributed by atoms with Crippen LogP contribution in [-0.4, -0.2) is 43.9 Å². The number of piperidine rings is 1. The molecule has 0 bridgehead atoms. The molecule has 0 aliphatic carbocycles. The lowest BCUT2D eigenvalue weighted by molar-refractivity contribution is -0.146. The van der Waals surface area contributed by atoms with Crippen molar-refractivity contribution in [2.45, 2.75) is 17.7 Å². The van der Waals surface area contributed by atoms with E-state index in [0.717, 1.165) is 0 Å². The van der Waals surface area contributed by atoms with Gasteiger partial charge < -0.3 is 9.15 Å². The second-order valence-corrected chi connectivity index (χ2v) is 7.31. The molecule has 0 atom stereocenters. The van der Waals surface area contributed by atoms with Gasteiger partial charge in [-0.25, -0.2) is 13.2 Å². The quantitative estimate of drug-likeness (QED) is 0.824. The maximum atomic E-state index is 12.7. The second-order valence-electron chi connectivity index (χ2n) is 5.37. The summed E-state index contributed by atoms with van der Waals surface area (Å²) in [6.07, 6.45) is 0.855. The Morgan fingerprint density at radius 1 is 1.35 bits per heavy atom. The van der Waals surface area contributed by atoms with Gasteiger partial charge in [0.15, 0.2) is 5.58 Å². The van der Waals surface area contributed by atoms with E-state index in [4.69, 9.17) is 9.15 Å². The van der Waals surface area contributed by atoms with E-state index in [9.17, 15) is 18.0 Å². The van der Waals surface area contributed by atoms with Gasteiger partial charge in [-0.1, -0.05) is 0 Å². The van der Waals surface area contributed by atoms with Gasteiger partial charge in [-0.15, -0.1) is 0 Å². The molecule has 2 heterocycles. The Morgan fingerprint density at radius 2 is 2.04 bits per heavy atom. The maximum Gasteiger partial charge on any atom is 0.417 e. The number of hydrogen-bond acceptors (Lipinski definition) is 6. The molecule has 1 aromatic carbocycles. The van der Waals surface area contributed by atoms with Gasteiger partial charge in [0.25, 0.3) is 0 Å². The average Bonchev–Trinajstić information content (AvgIpc) is 2.93. The van der Waals surface area contributed by atoms with E-state index in [0.29, 0.717) is 23.9 Å². The number of hydrogen-bond donors (Lipinski definition) is 1. The Labute approximate surface area is 132 Å². The summed E-state index contributed by atoms with van der Waals surface area (Å²) in [5.74, 6) is -1.20. The summed E-state index contributed by atoms with van der Waals surface area (Å²) in [6.45, 7) is 0.504. The van der Waals surface area contributed by atoms with E-state index < -0.39 is 15.8 Å². The molecule has 3 rings (SSSR count). The Balaban J connectivity index is 1.83. The first-order chi connectivity index (χ1) is 10.9. The van der Waals surface area contributed by atoms with Crippen molar-refractivity contribution in [2.24, 2.45) is 5.92 Å². The smallest absolute Gasteiger partial charge is 0.417 e. The van der Waals surface area contributed by atoms with Gasteiger partial charge in [-0.3, -0.25) is 9.78 Å². The van der Waals surface area contributed by atoms with Crippen LogP contribution in [0.4, 0.5) is 0 Å². The van der Waals surface area contributed by atoms with Crippen LogP contribution in [-0.2, 0) is 19.6 Å². The molecule has 1 saturated heterocycles. The molecule has 2 aromatic rings. The average molecular weight is 340 g/mol. The number of fused-ring (bicyclic) bond motifs is 1. The van der Waals surface area contributed by atoms with Crippen LogP contribution in [0.5, 0.6) is 0 Å². The summed E-state index contributed by atoms with van der Waals surface area (Å²) in [5.41, 5.74) is 0.638. The Bertz CT molecular complexity index is 889. The van der Waals surface area contributed by atoms with Crippen molar-refractivity contribution in [3.8, 4) is 0 Å². The minimum atomic E-state index is -3.68. The summed E-state index contributed by atoms with van der Waals surface area (Å²) in [7, 11) is -2.36. The number of oxazole rings is 1. The lowest BCUT2D eigenvalue weighted by atomic mass is 9.99. The van der Waals surface area contributed by atoms with Crippen LogP contribution in [0, 0.1) is 5.92 Å². The summed E-state index contributed by atoms with van der Waals surface area (Å²) >= 11 is 0. The van der Waals surface area contributed by atoms with Crippen molar-refractivity contribution < 1.29 is 22.4 Å². The molecular weight excluding hydrogens is 324 g/mol. The number of sulfonamides is 1. The molecule has 23 heavy (non-hydrogen) atoms. The lowest BCUT2D eigenvalue weighted by Gasteiger charge is -2.29. The highest BCUT2D eigenvalue weighted by Crippen LogP contribution is 2.25. The van der Waals surface area contributed by atoms with Gasteiger partial charge in [0.05, 0.1) is 23.4 Å². The Hall–Kier alpha value is -2.13. The third-order valence-electron chi connectivity index (χ3n) is 4.02. The SMILES string of the molecule is COC(=O)C1CCN(S(=O)(=O)c2ccc3oc(=O)[nH]c3c2)CC1. The van der Waals surface area contributed by atoms with Gasteiger partial charge in [0, 0.05) is 13.1 Å². The van der Waals surface area contributed by atoms with Crippen LogP contribution < -0.4 is 5.76 Å². The van der Waals surface area contributed by atoms with Crippen molar-refractivity contribution in [3.05, 3.63) is 28.7 Å². The molecule has 9 heteroatoms. The zero-order valence-electron chi connectivity index (χ0n) is 12.4. The number of aromatic amines is 1. The number of aromatic nitrogens is 1. The maximum absolute atomic E-state index is 12.7. The summed E-state index contributed by atoms with van der Waals surface area (Å²) < 4.78 is 36.2. The molecule has 0 radical (unpaired) electrons. The molecule has 1 fully saturated rings. The largest absolute Gasteiger partial charge is 0.469 e. The molecule has 0 spiro atoms. The van der Waals surface area contributed by atoms with Gasteiger partial charge in [-0.05, 0) is 31.0 Å². The molecule has 1 aliphatic rings. The number of carbonyl (C=O) groups excluding carboxylic acids is 1. The van der Waals surface area contributed by atoms with Crippen molar-refractivity contribution in [1.82, 2.24) is 9.29 Å². The van der Waals surface area contributed by atoms with Crippen molar-refractivity contribution in [3.63, 3.8) is 0 Å². The standard InChI is InChI=1S/C14H16N2O6S/c1-21-13(17)9-4-6-16(7-5-9)23(19,20)10-2-3-12-11(8-10)15-14(18)22-12/h2-3,8-9H,4-7H2,1H3,(H,15,18). The molecule has 0 saturated carbocycles. The first-order valence-electron chi connectivity index (χ1n) is 7.12. The second kappa shape index (κ2) is 5.82. The predicted octanol–water partition coefficient (Wildman–Crippen LogP) is 0.695. The Kier molecular flexibility index (Phi) is 3.99. The van der Waals surface area contributed by atoms with Gasteiger partial charge in [0.2, 0.25) is 10.0 Å². The number of nitrogens with one attached hydrogen (secondary N) is 1. The van der Waals surface area contributed by atoms with Gasteiger partial charge >= 0.3 is 11.7 Å². The fraction of sp³-hybridized carbons (Fsp3) is 0.429. The molecule has 0 amide bonds. The fourth-order valence-corrected chi connectivity index (χ4v) is 4.24. The summed E-state index contributed by atoms with van der Waals surface area (Å²) in [4.78, 5) is 25.2. The van der Waals surface area contributed by atoms with E-state index in [-0.39, 0.29) is 29.9 Å². The highest BCUT2D eigenvalue weighted by Gasteiger charge is 2.32. The topological polar surface area (TPSA) is 110 Å². The number of ether oxygens (including phenoxy) is 1. The van der Waals surface area contributed by atoms with Crippen LogP contribution in [0.1, 0.15) is 12.8 Å². The highest BCUT2D eigenvalue weighted by atomic mass is 32.2. The van der Waals surface area contributed by atoms with E-state index in [1.165, 1.54) is 29.6 Å². The first-order valence-corrected chi connectivity index (χ1v) is 8.56. The van der Waals surface area contributed by atoms with Crippen LogP contribution in [0.3, 0.4) is 0 Å². The minimum Gasteiger partial charge on any atom is -0.469 e. The van der Waals surface area contributed by atoms with Crippen molar-refractivity contribution in [2.75, 3.05) is 20.2 Å². The van der Waals surface area contributed by atoms with Crippen molar-refractivity contribution >= 4 is 27.1 Å². The predicted molar refractivity (Wildman–Crippen MR) is 80.3 cm³/mol. The highest BCUT2D eigenvalue weighted by molar-refractivity contribution is 7.89. The number of methoxy groups -OCH3 is 1. The van der Waals surface area contributed by atoms with Crippen LogP contribution >= 0.6 is 0 Å². The first kappa shape index (κ1) is 15.8. The fourth-order valence-electron chi connectivity index (χ4n) is 2.74. The third-order valence-corrected chi connectivity index (χ3v) is 5.91.